The zero-order valence-corrected chi connectivity index (χ0v) is 12.1. The van der Waals surface area contributed by atoms with Crippen LogP contribution in [0.1, 0.15) is 31.4 Å². The molecule has 0 saturated carbocycles. The van der Waals surface area contributed by atoms with Gasteiger partial charge in [-0.2, -0.15) is 0 Å². The first-order valence-corrected chi connectivity index (χ1v) is 6.58. The second-order valence-corrected chi connectivity index (χ2v) is 5.05. The Labute approximate surface area is 114 Å². The maximum absolute atomic E-state index is 11.4. The van der Waals surface area contributed by atoms with Crippen LogP contribution >= 0.6 is 0 Å². The van der Waals surface area contributed by atoms with Gasteiger partial charge in [0.2, 0.25) is 0 Å². The third-order valence-electron chi connectivity index (χ3n) is 3.31. The van der Waals surface area contributed by atoms with Crippen LogP contribution in [-0.2, 0) is 4.79 Å². The summed E-state index contributed by atoms with van der Waals surface area (Å²) in [5, 5.41) is 12.3. The molecule has 0 heterocycles. The fourth-order valence-electron chi connectivity index (χ4n) is 1.69. The Bertz CT molecular complexity index is 445. The molecule has 0 aliphatic heterocycles. The van der Waals surface area contributed by atoms with E-state index >= 15 is 0 Å². The number of benzene rings is 1. The number of carboxylic acids is 1. The molecular weight excluding hydrogens is 242 g/mol. The summed E-state index contributed by atoms with van der Waals surface area (Å²) in [5.74, 6) is -0.156. The molecule has 0 bridgehead atoms. The van der Waals surface area contributed by atoms with Crippen molar-refractivity contribution in [3.63, 3.8) is 0 Å². The lowest BCUT2D eigenvalue weighted by Crippen LogP contribution is -2.54. The lowest BCUT2D eigenvalue weighted by molar-refractivity contribution is -0.145. The van der Waals surface area contributed by atoms with Crippen molar-refractivity contribution in [2.45, 2.75) is 39.7 Å². The predicted molar refractivity (Wildman–Crippen MR) is 75.7 cm³/mol. The van der Waals surface area contributed by atoms with Gasteiger partial charge < -0.3 is 9.84 Å². The van der Waals surface area contributed by atoms with Crippen molar-refractivity contribution in [3.05, 3.63) is 29.3 Å². The first-order chi connectivity index (χ1) is 8.90. The monoisotopic (exact) mass is 265 g/mol. The van der Waals surface area contributed by atoms with Crippen molar-refractivity contribution in [3.8, 4) is 5.75 Å². The summed E-state index contributed by atoms with van der Waals surface area (Å²) >= 11 is 0. The van der Waals surface area contributed by atoms with Crippen LogP contribution in [-0.4, -0.2) is 29.8 Å². The van der Waals surface area contributed by atoms with Gasteiger partial charge in [0.15, 0.2) is 0 Å². The van der Waals surface area contributed by atoms with Crippen molar-refractivity contribution in [2.75, 3.05) is 13.2 Å². The Hall–Kier alpha value is -1.55. The molecule has 4 nitrogen and oxygen atoms in total. The smallest absolute Gasteiger partial charge is 0.327 e. The normalized spacial score (nSPS) is 13.9. The fourth-order valence-corrected chi connectivity index (χ4v) is 1.69. The molecule has 0 radical (unpaired) electrons. The summed E-state index contributed by atoms with van der Waals surface area (Å²) in [7, 11) is 0. The Morgan fingerprint density at radius 1 is 1.42 bits per heavy atom. The summed E-state index contributed by atoms with van der Waals surface area (Å²) in [6, 6.07) is 5.79. The molecule has 1 atom stereocenters. The van der Waals surface area contributed by atoms with Crippen LogP contribution in [0.2, 0.25) is 0 Å². The van der Waals surface area contributed by atoms with Gasteiger partial charge in [-0.25, -0.2) is 0 Å². The van der Waals surface area contributed by atoms with Crippen molar-refractivity contribution in [2.24, 2.45) is 0 Å². The average molecular weight is 265 g/mol. The Kier molecular flexibility index (Phi) is 5.36. The van der Waals surface area contributed by atoms with E-state index in [2.05, 4.69) is 5.32 Å². The van der Waals surface area contributed by atoms with Crippen LogP contribution in [0, 0.1) is 13.8 Å². The number of ether oxygens (including phenoxy) is 1. The van der Waals surface area contributed by atoms with E-state index in [1.54, 1.807) is 6.92 Å². The average Bonchev–Trinajstić information content (AvgIpc) is 2.38. The minimum Gasteiger partial charge on any atom is -0.491 e. The lowest BCUT2D eigenvalue weighted by Gasteiger charge is -2.26. The van der Waals surface area contributed by atoms with Crippen molar-refractivity contribution in [1.82, 2.24) is 5.32 Å². The molecule has 1 aromatic rings. The number of aliphatic carboxylic acids is 1. The van der Waals surface area contributed by atoms with Gasteiger partial charge in [0, 0.05) is 0 Å². The van der Waals surface area contributed by atoms with E-state index in [1.165, 1.54) is 0 Å². The van der Waals surface area contributed by atoms with Crippen LogP contribution in [0.25, 0.3) is 0 Å². The van der Waals surface area contributed by atoms with Gasteiger partial charge in [-0.1, -0.05) is 19.1 Å². The molecule has 1 aromatic carbocycles. The molecule has 0 fully saturated rings. The zero-order chi connectivity index (χ0) is 14.5. The van der Waals surface area contributed by atoms with Crippen molar-refractivity contribution in [1.29, 1.82) is 0 Å². The minimum absolute atomic E-state index is 0.104. The second kappa shape index (κ2) is 6.57. The molecular formula is C15H23NO3. The lowest BCUT2D eigenvalue weighted by atomic mass is 10.0. The van der Waals surface area contributed by atoms with Crippen molar-refractivity contribution >= 4 is 5.97 Å². The van der Waals surface area contributed by atoms with E-state index in [0.29, 0.717) is 6.54 Å². The number of nitrogens with one attached hydrogen (secondary N) is 1. The molecule has 4 heteroatoms. The summed E-state index contributed by atoms with van der Waals surface area (Å²) in [4.78, 5) is 11.4. The molecule has 106 valence electrons. The highest BCUT2D eigenvalue weighted by molar-refractivity contribution is 5.78. The summed E-state index contributed by atoms with van der Waals surface area (Å²) in [6.07, 6.45) is 0.881. The highest BCUT2D eigenvalue weighted by Crippen LogP contribution is 2.21. The van der Waals surface area contributed by atoms with Crippen molar-refractivity contribution < 1.29 is 14.6 Å². The number of carboxylic acid groups (broad SMARTS) is 1. The van der Waals surface area contributed by atoms with Gasteiger partial charge in [-0.15, -0.1) is 0 Å². The topological polar surface area (TPSA) is 58.6 Å². The standard InChI is InChI=1S/C15H23NO3/c1-5-9-16-15(4,14(17)18)10-19-13-8-6-7-11(2)12(13)3/h6-8,16H,5,9-10H2,1-4H3,(H,17,18). The van der Waals surface area contributed by atoms with Crippen LogP contribution in [0.15, 0.2) is 18.2 Å². The number of aryl methyl sites for hydroxylation is 1. The minimum atomic E-state index is -1.06. The summed E-state index contributed by atoms with van der Waals surface area (Å²) < 4.78 is 5.70. The highest BCUT2D eigenvalue weighted by Gasteiger charge is 2.33. The van der Waals surface area contributed by atoms with E-state index in [-0.39, 0.29) is 6.61 Å². The first-order valence-electron chi connectivity index (χ1n) is 6.58. The van der Waals surface area contributed by atoms with Crippen LogP contribution in [0.4, 0.5) is 0 Å². The van der Waals surface area contributed by atoms with Gasteiger partial charge in [-0.3, -0.25) is 10.1 Å². The van der Waals surface area contributed by atoms with Crippen LogP contribution < -0.4 is 10.1 Å². The molecule has 0 amide bonds. The van der Waals surface area contributed by atoms with Gasteiger partial charge in [0.05, 0.1) is 0 Å². The maximum Gasteiger partial charge on any atom is 0.327 e. The molecule has 1 rings (SSSR count). The molecule has 2 N–H and O–H groups in total. The molecule has 0 aromatic heterocycles. The largest absolute Gasteiger partial charge is 0.491 e. The Morgan fingerprint density at radius 2 is 2.11 bits per heavy atom. The number of rotatable bonds is 7. The number of hydrogen-bond acceptors (Lipinski definition) is 3. The van der Waals surface area contributed by atoms with Crippen LogP contribution in [0.5, 0.6) is 5.75 Å². The molecule has 0 spiro atoms. The summed E-state index contributed by atoms with van der Waals surface area (Å²) in [6.45, 7) is 8.39. The summed E-state index contributed by atoms with van der Waals surface area (Å²) in [5.41, 5.74) is 1.12. The quantitative estimate of drug-likeness (QED) is 0.795. The third kappa shape index (κ3) is 3.96. The van der Waals surface area contributed by atoms with Gasteiger partial charge in [0.25, 0.3) is 0 Å². The van der Waals surface area contributed by atoms with E-state index < -0.39 is 11.5 Å². The third-order valence-corrected chi connectivity index (χ3v) is 3.31. The second-order valence-electron chi connectivity index (χ2n) is 5.05. The van der Waals surface area contributed by atoms with Gasteiger partial charge in [0.1, 0.15) is 17.9 Å². The van der Waals surface area contributed by atoms with E-state index in [4.69, 9.17) is 4.74 Å². The fraction of sp³-hybridized carbons (Fsp3) is 0.533. The first kappa shape index (κ1) is 15.5. The Morgan fingerprint density at radius 3 is 2.68 bits per heavy atom. The molecule has 1 unspecified atom stereocenters. The molecule has 0 saturated heterocycles. The molecule has 19 heavy (non-hydrogen) atoms. The van der Waals surface area contributed by atoms with E-state index in [1.807, 2.05) is 39.0 Å². The molecule has 0 aliphatic carbocycles. The van der Waals surface area contributed by atoms with Gasteiger partial charge >= 0.3 is 5.97 Å². The highest BCUT2D eigenvalue weighted by atomic mass is 16.5. The number of hydrogen-bond donors (Lipinski definition) is 2. The SMILES string of the molecule is CCCNC(C)(COc1cccc(C)c1C)C(=O)O. The van der Waals surface area contributed by atoms with E-state index in [0.717, 1.165) is 23.3 Å². The maximum atomic E-state index is 11.4. The Balaban J connectivity index is 2.76. The predicted octanol–water partition coefficient (Wildman–Crippen LogP) is 2.53. The van der Waals surface area contributed by atoms with Crippen LogP contribution in [0.3, 0.4) is 0 Å². The van der Waals surface area contributed by atoms with E-state index in [9.17, 15) is 9.90 Å². The van der Waals surface area contributed by atoms with Gasteiger partial charge in [-0.05, 0) is 50.9 Å². The molecule has 0 aliphatic rings. The zero-order valence-electron chi connectivity index (χ0n) is 12.1. The number of carbonyl (C=O) groups is 1.